The zero-order chi connectivity index (χ0) is 32.8. The maximum atomic E-state index is 13.6. The molecule has 1 aliphatic rings. The molecule has 0 radical (unpaired) electrons. The number of piperidine rings is 1. The van der Waals surface area contributed by atoms with E-state index in [9.17, 15) is 26.4 Å². The summed E-state index contributed by atoms with van der Waals surface area (Å²) in [6.45, 7) is 1.23. The van der Waals surface area contributed by atoms with Crippen LogP contribution < -0.4 is 20.5 Å². The number of hydrogen-bond donors (Lipinski definition) is 4. The van der Waals surface area contributed by atoms with Crippen molar-refractivity contribution in [3.63, 3.8) is 0 Å². The summed E-state index contributed by atoms with van der Waals surface area (Å²) in [5.74, 6) is 5.93. The third-order valence-corrected chi connectivity index (χ3v) is 8.82. The molecule has 244 valence electrons. The fraction of sp³-hybridized carbons (Fsp3) is 0.414. The predicted octanol–water partition coefficient (Wildman–Crippen LogP) is 4.70. The number of nitrogens with one attached hydrogen (secondary N) is 2. The molecule has 0 spiro atoms. The Kier molecular flexibility index (Phi) is 11.3. The Morgan fingerprint density at radius 2 is 1.93 bits per heavy atom. The van der Waals surface area contributed by atoms with Gasteiger partial charge >= 0.3 is 12.3 Å². The van der Waals surface area contributed by atoms with E-state index < -0.39 is 28.9 Å². The summed E-state index contributed by atoms with van der Waals surface area (Å²) in [4.78, 5) is 12.8. The van der Waals surface area contributed by atoms with E-state index >= 15 is 0 Å². The van der Waals surface area contributed by atoms with E-state index in [-0.39, 0.29) is 39.5 Å². The molecule has 1 atom stereocenters. The van der Waals surface area contributed by atoms with E-state index in [1.165, 1.54) is 25.3 Å². The van der Waals surface area contributed by atoms with Gasteiger partial charge in [0.05, 0.1) is 39.4 Å². The molecule has 5 N–H and O–H groups in total. The number of aromatic nitrogens is 1. The highest BCUT2D eigenvalue weighted by atomic mass is 127. The van der Waals surface area contributed by atoms with E-state index in [2.05, 4.69) is 54.7 Å². The van der Waals surface area contributed by atoms with Gasteiger partial charge in [0.1, 0.15) is 18.9 Å². The third-order valence-electron chi connectivity index (χ3n) is 7.16. The first-order valence-corrected chi connectivity index (χ1v) is 16.6. The van der Waals surface area contributed by atoms with E-state index in [4.69, 9.17) is 15.0 Å². The van der Waals surface area contributed by atoms with Crippen LogP contribution in [0.15, 0.2) is 47.4 Å². The number of rotatable bonds is 11. The van der Waals surface area contributed by atoms with Gasteiger partial charge < -0.3 is 34.7 Å². The number of halogens is 4. The van der Waals surface area contributed by atoms with Gasteiger partial charge in [-0.15, -0.1) is 0 Å². The summed E-state index contributed by atoms with van der Waals surface area (Å²) in [5, 5.41) is 21.0. The lowest BCUT2D eigenvalue weighted by atomic mass is 10.0. The molecule has 2 aromatic carbocycles. The third kappa shape index (κ3) is 9.79. The van der Waals surface area contributed by atoms with Crippen molar-refractivity contribution in [2.24, 2.45) is 5.14 Å². The lowest BCUT2D eigenvalue weighted by molar-refractivity contribution is -0.140. The van der Waals surface area contributed by atoms with Gasteiger partial charge in [0, 0.05) is 42.8 Å². The summed E-state index contributed by atoms with van der Waals surface area (Å²) in [6, 6.07) is 11.0. The summed E-state index contributed by atoms with van der Waals surface area (Å²) < 4.78 is 75.2. The highest BCUT2D eigenvalue weighted by Gasteiger charge is 2.30. The van der Waals surface area contributed by atoms with Crippen LogP contribution in [0, 0.1) is 11.8 Å². The summed E-state index contributed by atoms with van der Waals surface area (Å²) in [5.41, 5.74) is 1.75. The first kappa shape index (κ1) is 34.5. The normalized spacial score (nSPS) is 15.2. The highest BCUT2D eigenvalue weighted by molar-refractivity contribution is 14.1. The lowest BCUT2D eigenvalue weighted by Crippen LogP contribution is -2.42. The van der Waals surface area contributed by atoms with Crippen molar-refractivity contribution in [1.29, 1.82) is 0 Å². The van der Waals surface area contributed by atoms with Crippen LogP contribution in [0.3, 0.4) is 0 Å². The number of methoxy groups -OCH3 is 1. The molecule has 0 unspecified atom stereocenters. The standard InChI is InChI=1S/C29H33F3IN5O6S/c1-43-27-15-22(45(34,41)42)7-8-25(27)35-11-3-4-21-14-23-24(5-2-6-26(23)38(21)18-29(30,31)32)36-20-9-12-37(13-10-20)16-19(33)17-44-28(39)40/h2,5-8,14-15,19-20,35-36H,9-13,16-18H2,1H3,(H,39,40)(H2,34,41,42)/t19-/m0/s1. The molecule has 16 heteroatoms. The second-order valence-electron chi connectivity index (χ2n) is 10.4. The van der Waals surface area contributed by atoms with Gasteiger partial charge in [-0.25, -0.2) is 18.4 Å². The molecule has 1 fully saturated rings. The zero-order valence-electron chi connectivity index (χ0n) is 24.2. The first-order valence-electron chi connectivity index (χ1n) is 13.8. The van der Waals surface area contributed by atoms with Gasteiger partial charge in [0.2, 0.25) is 10.0 Å². The number of nitrogens with zero attached hydrogens (tertiary/aromatic N) is 2. The van der Waals surface area contributed by atoms with Crippen LogP contribution in [-0.4, -0.2) is 85.2 Å². The van der Waals surface area contributed by atoms with Gasteiger partial charge in [-0.05, 0) is 49.1 Å². The molecule has 3 aromatic rings. The molecule has 4 rings (SSSR count). The monoisotopic (exact) mass is 763 g/mol. The Morgan fingerprint density at radius 3 is 2.58 bits per heavy atom. The number of carbonyl (C=O) groups is 1. The number of carboxylic acid groups (broad SMARTS) is 1. The summed E-state index contributed by atoms with van der Waals surface area (Å²) in [7, 11) is -2.56. The van der Waals surface area contributed by atoms with Gasteiger partial charge in [-0.2, -0.15) is 13.2 Å². The number of fused-ring (bicyclic) bond motifs is 1. The molecule has 0 aliphatic carbocycles. The zero-order valence-corrected chi connectivity index (χ0v) is 27.2. The van der Waals surface area contributed by atoms with Gasteiger partial charge in [0.25, 0.3) is 0 Å². The minimum atomic E-state index is -4.47. The number of sulfonamides is 1. The van der Waals surface area contributed by atoms with Crippen LogP contribution in [0.4, 0.5) is 29.3 Å². The molecular weight excluding hydrogens is 730 g/mol. The smallest absolute Gasteiger partial charge is 0.495 e. The number of anilines is 2. The quantitative estimate of drug-likeness (QED) is 0.0945. The number of alkyl halides is 4. The molecule has 1 aliphatic heterocycles. The van der Waals surface area contributed by atoms with E-state index in [0.29, 0.717) is 28.8 Å². The molecular formula is C29H33F3IN5O6S. The number of likely N-dealkylation sites (tertiary alicyclic amines) is 1. The second kappa shape index (κ2) is 14.8. The summed E-state index contributed by atoms with van der Waals surface area (Å²) in [6.07, 6.45) is -4.15. The first-order chi connectivity index (χ1) is 21.2. The lowest BCUT2D eigenvalue weighted by Gasteiger charge is -2.34. The maximum absolute atomic E-state index is 13.6. The minimum absolute atomic E-state index is 0.0256. The Balaban J connectivity index is 1.48. The van der Waals surface area contributed by atoms with Crippen molar-refractivity contribution in [1.82, 2.24) is 9.47 Å². The predicted molar refractivity (Wildman–Crippen MR) is 173 cm³/mol. The summed E-state index contributed by atoms with van der Waals surface area (Å²) >= 11 is 2.17. The molecule has 0 saturated carbocycles. The van der Waals surface area contributed by atoms with Crippen LogP contribution in [-0.2, 0) is 21.3 Å². The van der Waals surface area contributed by atoms with E-state index in [1.54, 1.807) is 18.2 Å². The Bertz CT molecular complexity index is 1680. The van der Waals surface area contributed by atoms with E-state index in [1.807, 2.05) is 6.07 Å². The fourth-order valence-corrected chi connectivity index (χ4v) is 6.37. The highest BCUT2D eigenvalue weighted by Crippen LogP contribution is 2.32. The van der Waals surface area contributed by atoms with Crippen molar-refractivity contribution >= 4 is 61.0 Å². The van der Waals surface area contributed by atoms with Gasteiger partial charge in [0.15, 0.2) is 0 Å². The number of ether oxygens (including phenoxy) is 2. The fourth-order valence-electron chi connectivity index (χ4n) is 5.11. The molecule has 2 heterocycles. The average molecular weight is 764 g/mol. The van der Waals surface area contributed by atoms with E-state index in [0.717, 1.165) is 30.5 Å². The van der Waals surface area contributed by atoms with Crippen LogP contribution in [0.1, 0.15) is 18.5 Å². The second-order valence-corrected chi connectivity index (χ2v) is 13.7. The van der Waals surface area contributed by atoms with Crippen molar-refractivity contribution in [3.8, 4) is 17.6 Å². The molecule has 1 aromatic heterocycles. The minimum Gasteiger partial charge on any atom is -0.495 e. The molecule has 11 nitrogen and oxygen atoms in total. The Morgan fingerprint density at radius 1 is 1.20 bits per heavy atom. The number of hydrogen-bond acceptors (Lipinski definition) is 8. The maximum Gasteiger partial charge on any atom is 0.505 e. The van der Waals surface area contributed by atoms with Crippen LogP contribution >= 0.6 is 22.6 Å². The largest absolute Gasteiger partial charge is 0.505 e. The molecule has 0 bridgehead atoms. The average Bonchev–Trinajstić information content (AvgIpc) is 3.31. The van der Waals surface area contributed by atoms with Crippen molar-refractivity contribution < 1.29 is 41.0 Å². The molecule has 45 heavy (non-hydrogen) atoms. The van der Waals surface area contributed by atoms with Crippen LogP contribution in [0.25, 0.3) is 10.9 Å². The van der Waals surface area contributed by atoms with Crippen molar-refractivity contribution in [3.05, 3.63) is 48.2 Å². The van der Waals surface area contributed by atoms with Crippen LogP contribution in [0.2, 0.25) is 0 Å². The number of nitrogens with two attached hydrogens (primary N) is 1. The number of primary sulfonamides is 1. The molecule has 1 saturated heterocycles. The Labute approximate surface area is 272 Å². The molecule has 0 amide bonds. The topological polar surface area (TPSA) is 148 Å². The van der Waals surface area contributed by atoms with Crippen molar-refractivity contribution in [2.45, 2.75) is 40.4 Å². The Hall–Kier alpha value is -3.40. The van der Waals surface area contributed by atoms with Crippen molar-refractivity contribution in [2.75, 3.05) is 50.5 Å². The van der Waals surface area contributed by atoms with Gasteiger partial charge in [-0.3, -0.25) is 0 Å². The van der Waals surface area contributed by atoms with Gasteiger partial charge in [-0.1, -0.05) is 34.6 Å². The SMILES string of the molecule is COc1cc(S(N)(=O)=O)ccc1NCC#Cc1cc2c(NC3CCN(C[C@H](I)COC(=O)O)CC3)cccc2n1CC(F)(F)F. The number of benzene rings is 2. The van der Waals surface area contributed by atoms with Crippen LogP contribution in [0.5, 0.6) is 5.75 Å².